The van der Waals surface area contributed by atoms with Crippen LogP contribution in [-0.4, -0.2) is 36.8 Å². The highest BCUT2D eigenvalue weighted by atomic mass is 32.1. The zero-order chi connectivity index (χ0) is 12.9. The number of carbonyl (C=O) groups is 1. The van der Waals surface area contributed by atoms with Gasteiger partial charge in [-0.3, -0.25) is 0 Å². The Morgan fingerprint density at radius 3 is 2.88 bits per heavy atom. The zero-order valence-corrected chi connectivity index (χ0v) is 11.4. The van der Waals surface area contributed by atoms with E-state index in [0.29, 0.717) is 24.0 Å². The van der Waals surface area contributed by atoms with Crippen LogP contribution in [0, 0.1) is 0 Å². The summed E-state index contributed by atoms with van der Waals surface area (Å²) in [6, 6.07) is 0. The van der Waals surface area contributed by atoms with Crippen molar-refractivity contribution in [3.8, 4) is 0 Å². The number of methoxy groups -OCH3 is 1. The molecule has 0 aliphatic heterocycles. The van der Waals surface area contributed by atoms with Crippen LogP contribution in [0.4, 0.5) is 5.13 Å². The number of aromatic nitrogens is 1. The largest absolute Gasteiger partial charge is 0.461 e. The molecule has 0 fully saturated rings. The minimum atomic E-state index is -0.388. The molecule has 0 atom stereocenters. The molecule has 1 aromatic heterocycles. The minimum Gasteiger partial charge on any atom is -0.461 e. The molecule has 5 nitrogen and oxygen atoms in total. The molecule has 0 radical (unpaired) electrons. The normalized spacial score (nSPS) is 11.3. The topological polar surface area (TPSA) is 60.5 Å². The van der Waals surface area contributed by atoms with E-state index in [2.05, 4.69) is 10.3 Å². The first-order valence-corrected chi connectivity index (χ1v) is 6.26. The minimum absolute atomic E-state index is 0.224. The lowest BCUT2D eigenvalue weighted by Crippen LogP contribution is -2.35. The quantitative estimate of drug-likeness (QED) is 0.792. The Bertz CT molecular complexity index is 377. The van der Waals surface area contributed by atoms with Gasteiger partial charge in [-0.1, -0.05) is 0 Å². The molecule has 1 heterocycles. The highest BCUT2D eigenvalue weighted by Crippen LogP contribution is 2.20. The molecule has 1 aromatic rings. The highest BCUT2D eigenvalue weighted by molar-refractivity contribution is 7.13. The van der Waals surface area contributed by atoms with Crippen molar-refractivity contribution in [3.05, 3.63) is 11.1 Å². The molecule has 0 unspecified atom stereocenters. The third-order valence-corrected chi connectivity index (χ3v) is 2.70. The van der Waals surface area contributed by atoms with Gasteiger partial charge >= 0.3 is 5.97 Å². The summed E-state index contributed by atoms with van der Waals surface area (Å²) < 4.78 is 9.97. The summed E-state index contributed by atoms with van der Waals surface area (Å²) in [7, 11) is 1.65. The smallest absolute Gasteiger partial charge is 0.357 e. The number of ether oxygens (including phenoxy) is 2. The molecule has 1 rings (SSSR count). The average molecular weight is 258 g/mol. The summed E-state index contributed by atoms with van der Waals surface area (Å²) in [5.41, 5.74) is 0.117. The molecular formula is C11H18N2O3S. The van der Waals surface area contributed by atoms with E-state index in [4.69, 9.17) is 9.47 Å². The van der Waals surface area contributed by atoms with Crippen LogP contribution in [0.2, 0.25) is 0 Å². The fourth-order valence-corrected chi connectivity index (χ4v) is 2.17. The number of anilines is 1. The van der Waals surface area contributed by atoms with Crippen LogP contribution in [0.1, 0.15) is 31.3 Å². The highest BCUT2D eigenvalue weighted by Gasteiger charge is 2.20. The van der Waals surface area contributed by atoms with E-state index in [1.165, 1.54) is 11.3 Å². The number of carbonyl (C=O) groups excluding carboxylic acids is 1. The summed E-state index contributed by atoms with van der Waals surface area (Å²) in [6.45, 7) is 6.69. The van der Waals surface area contributed by atoms with Gasteiger partial charge in [-0.05, 0) is 20.8 Å². The molecule has 0 aliphatic carbocycles. The number of rotatable bonds is 6. The molecule has 96 valence electrons. The Labute approximate surface area is 105 Å². The van der Waals surface area contributed by atoms with Crippen molar-refractivity contribution in [1.82, 2.24) is 4.98 Å². The molecule has 0 saturated carbocycles. The third-order valence-electron chi connectivity index (χ3n) is 1.94. The van der Waals surface area contributed by atoms with Gasteiger partial charge in [-0.15, -0.1) is 11.3 Å². The Balaban J connectivity index is 2.65. The Kier molecular flexibility index (Phi) is 4.89. The first-order valence-electron chi connectivity index (χ1n) is 5.38. The number of hydrogen-bond donors (Lipinski definition) is 1. The maximum atomic E-state index is 11.4. The van der Waals surface area contributed by atoms with Crippen molar-refractivity contribution in [2.45, 2.75) is 26.3 Å². The van der Waals surface area contributed by atoms with Crippen molar-refractivity contribution in [3.63, 3.8) is 0 Å². The fraction of sp³-hybridized carbons (Fsp3) is 0.636. The van der Waals surface area contributed by atoms with E-state index >= 15 is 0 Å². The van der Waals surface area contributed by atoms with Crippen LogP contribution in [0.3, 0.4) is 0 Å². The van der Waals surface area contributed by atoms with Crippen LogP contribution in [-0.2, 0) is 9.47 Å². The maximum Gasteiger partial charge on any atom is 0.357 e. The van der Waals surface area contributed by atoms with E-state index < -0.39 is 0 Å². The molecule has 0 aliphatic rings. The fourth-order valence-electron chi connectivity index (χ4n) is 1.32. The molecule has 0 aromatic carbocycles. The van der Waals surface area contributed by atoms with Gasteiger partial charge in [0.15, 0.2) is 10.8 Å². The Morgan fingerprint density at radius 1 is 1.59 bits per heavy atom. The van der Waals surface area contributed by atoms with Crippen LogP contribution < -0.4 is 5.32 Å². The van der Waals surface area contributed by atoms with Gasteiger partial charge in [0.1, 0.15) is 0 Å². The summed E-state index contributed by atoms with van der Waals surface area (Å²) in [4.78, 5) is 15.6. The summed E-state index contributed by atoms with van der Waals surface area (Å²) in [6.07, 6.45) is 0. The maximum absolute atomic E-state index is 11.4. The summed E-state index contributed by atoms with van der Waals surface area (Å²) in [5.74, 6) is -0.388. The zero-order valence-electron chi connectivity index (χ0n) is 10.6. The van der Waals surface area contributed by atoms with Crippen LogP contribution in [0.15, 0.2) is 5.38 Å². The van der Waals surface area contributed by atoms with E-state index in [9.17, 15) is 4.79 Å². The van der Waals surface area contributed by atoms with Gasteiger partial charge in [0.25, 0.3) is 0 Å². The van der Waals surface area contributed by atoms with Crippen molar-refractivity contribution in [1.29, 1.82) is 0 Å². The first kappa shape index (κ1) is 13.9. The molecule has 6 heteroatoms. The van der Waals surface area contributed by atoms with Gasteiger partial charge < -0.3 is 14.8 Å². The summed E-state index contributed by atoms with van der Waals surface area (Å²) >= 11 is 1.38. The molecular weight excluding hydrogens is 240 g/mol. The van der Waals surface area contributed by atoms with E-state index in [1.54, 1.807) is 19.4 Å². The lowest BCUT2D eigenvalue weighted by Gasteiger charge is -2.24. The third kappa shape index (κ3) is 4.32. The van der Waals surface area contributed by atoms with Crippen LogP contribution in [0.25, 0.3) is 0 Å². The number of nitrogens with one attached hydrogen (secondary N) is 1. The second-order valence-corrected chi connectivity index (χ2v) is 5.06. The van der Waals surface area contributed by atoms with Gasteiger partial charge in [0.2, 0.25) is 0 Å². The number of thiazole rings is 1. The SMILES string of the molecule is CCOC(=O)c1csc(NC(C)(C)COC)n1. The predicted octanol–water partition coefficient (Wildman–Crippen LogP) is 2.16. The Hall–Kier alpha value is -1.14. The monoisotopic (exact) mass is 258 g/mol. The predicted molar refractivity (Wildman–Crippen MR) is 67.6 cm³/mol. The van der Waals surface area contributed by atoms with Crippen LogP contribution >= 0.6 is 11.3 Å². The molecule has 0 saturated heterocycles. The lowest BCUT2D eigenvalue weighted by atomic mass is 10.1. The first-order chi connectivity index (χ1) is 7.98. The molecule has 1 N–H and O–H groups in total. The lowest BCUT2D eigenvalue weighted by molar-refractivity contribution is 0.0520. The van der Waals surface area contributed by atoms with Crippen molar-refractivity contribution < 1.29 is 14.3 Å². The standard InChI is InChI=1S/C11H18N2O3S/c1-5-16-9(14)8-6-17-10(12-8)13-11(2,3)7-15-4/h6H,5,7H2,1-4H3,(H,12,13). The van der Waals surface area contributed by atoms with Gasteiger partial charge in [0.05, 0.1) is 18.8 Å². The van der Waals surface area contributed by atoms with Gasteiger partial charge in [-0.25, -0.2) is 9.78 Å². The molecule has 0 bridgehead atoms. The Morgan fingerprint density at radius 2 is 2.29 bits per heavy atom. The van der Waals surface area contributed by atoms with Crippen molar-refractivity contribution in [2.75, 3.05) is 25.6 Å². The van der Waals surface area contributed by atoms with Crippen molar-refractivity contribution >= 4 is 22.4 Å². The van der Waals surface area contributed by atoms with Crippen molar-refractivity contribution in [2.24, 2.45) is 0 Å². The number of hydrogen-bond acceptors (Lipinski definition) is 6. The van der Waals surface area contributed by atoms with Gasteiger partial charge in [0, 0.05) is 12.5 Å². The average Bonchev–Trinajstić information content (AvgIpc) is 2.65. The van der Waals surface area contributed by atoms with Crippen LogP contribution in [0.5, 0.6) is 0 Å². The molecule has 0 spiro atoms. The number of nitrogens with zero attached hydrogens (tertiary/aromatic N) is 1. The van der Waals surface area contributed by atoms with E-state index in [1.807, 2.05) is 13.8 Å². The number of esters is 1. The molecule has 0 amide bonds. The second kappa shape index (κ2) is 5.97. The van der Waals surface area contributed by atoms with E-state index in [-0.39, 0.29) is 11.5 Å². The van der Waals surface area contributed by atoms with Gasteiger partial charge in [-0.2, -0.15) is 0 Å². The second-order valence-electron chi connectivity index (χ2n) is 4.20. The summed E-state index contributed by atoms with van der Waals surface area (Å²) in [5, 5.41) is 5.58. The molecule has 17 heavy (non-hydrogen) atoms. The van der Waals surface area contributed by atoms with E-state index in [0.717, 1.165) is 0 Å².